The van der Waals surface area contributed by atoms with Crippen LogP contribution in [0.25, 0.3) is 10.9 Å². The molecule has 3 nitrogen and oxygen atoms in total. The van der Waals surface area contributed by atoms with E-state index in [1.165, 1.54) is 16.6 Å². The predicted molar refractivity (Wildman–Crippen MR) is 67.6 cm³/mol. The molecule has 3 heteroatoms. The molecule has 84 valence electrons. The van der Waals surface area contributed by atoms with Gasteiger partial charge < -0.3 is 15.6 Å². The van der Waals surface area contributed by atoms with Crippen LogP contribution in [0.1, 0.15) is 12.8 Å². The maximum absolute atomic E-state index is 6.08. The van der Waals surface area contributed by atoms with E-state index in [9.17, 15) is 0 Å². The molecule has 1 aliphatic carbocycles. The molecule has 2 aromatic rings. The van der Waals surface area contributed by atoms with Crippen LogP contribution in [0.5, 0.6) is 0 Å². The number of nitrogens with two attached hydrogens (primary N) is 1. The monoisotopic (exact) mass is 215 g/mol. The normalized spacial score (nSPS) is 17.6. The third-order valence-electron chi connectivity index (χ3n) is 3.42. The smallest absolute Gasteiger partial charge is 0.0600 e. The summed E-state index contributed by atoms with van der Waals surface area (Å²) in [5.74, 6) is 0. The van der Waals surface area contributed by atoms with Gasteiger partial charge in [0.25, 0.3) is 0 Å². The molecule has 1 aromatic heterocycles. The largest absolute Gasteiger partial charge is 0.381 e. The van der Waals surface area contributed by atoms with Crippen LogP contribution < -0.4 is 11.1 Å². The Bertz CT molecular complexity index is 523. The van der Waals surface area contributed by atoms with Gasteiger partial charge in [0.15, 0.2) is 0 Å². The number of hydrogen-bond acceptors (Lipinski definition) is 2. The molecule has 0 unspecified atom stereocenters. The van der Waals surface area contributed by atoms with Gasteiger partial charge in [-0.2, -0.15) is 0 Å². The lowest BCUT2D eigenvalue weighted by Crippen LogP contribution is -2.30. The first kappa shape index (κ1) is 9.73. The molecule has 1 heterocycles. The van der Waals surface area contributed by atoms with Crippen LogP contribution in [-0.2, 0) is 7.05 Å². The van der Waals surface area contributed by atoms with E-state index in [-0.39, 0.29) is 5.54 Å². The lowest BCUT2D eigenvalue weighted by Gasteiger charge is -2.10. The fourth-order valence-corrected chi connectivity index (χ4v) is 2.09. The highest BCUT2D eigenvalue weighted by Gasteiger charge is 2.37. The minimum Gasteiger partial charge on any atom is -0.381 e. The van der Waals surface area contributed by atoms with Gasteiger partial charge in [0.05, 0.1) is 5.69 Å². The van der Waals surface area contributed by atoms with Crippen molar-refractivity contribution >= 4 is 16.6 Å². The predicted octanol–water partition coefficient (Wildman–Crippen LogP) is 2.08. The molecule has 1 saturated carbocycles. The maximum Gasteiger partial charge on any atom is 0.0600 e. The van der Waals surface area contributed by atoms with E-state index in [2.05, 4.69) is 47.4 Å². The Morgan fingerprint density at radius 2 is 2.12 bits per heavy atom. The van der Waals surface area contributed by atoms with Crippen molar-refractivity contribution in [1.82, 2.24) is 4.57 Å². The van der Waals surface area contributed by atoms with E-state index in [0.717, 1.165) is 19.4 Å². The van der Waals surface area contributed by atoms with E-state index >= 15 is 0 Å². The molecule has 1 fully saturated rings. The van der Waals surface area contributed by atoms with Crippen LogP contribution in [0.3, 0.4) is 0 Å². The number of aromatic nitrogens is 1. The number of aryl methyl sites for hydroxylation is 1. The molecule has 0 bridgehead atoms. The van der Waals surface area contributed by atoms with Crippen LogP contribution in [-0.4, -0.2) is 16.7 Å². The highest BCUT2D eigenvalue weighted by atomic mass is 15.0. The van der Waals surface area contributed by atoms with E-state index < -0.39 is 0 Å². The van der Waals surface area contributed by atoms with Gasteiger partial charge in [0, 0.05) is 36.2 Å². The fraction of sp³-hybridized carbons (Fsp3) is 0.385. The van der Waals surface area contributed by atoms with Crippen molar-refractivity contribution in [3.8, 4) is 0 Å². The van der Waals surface area contributed by atoms with E-state index in [1.54, 1.807) is 0 Å². The highest BCUT2D eigenvalue weighted by Crippen LogP contribution is 2.33. The van der Waals surface area contributed by atoms with Crippen LogP contribution in [0, 0.1) is 0 Å². The first-order valence-corrected chi connectivity index (χ1v) is 5.75. The molecule has 0 amide bonds. The Labute approximate surface area is 95.2 Å². The van der Waals surface area contributed by atoms with E-state index in [4.69, 9.17) is 5.73 Å². The molecular formula is C13H17N3. The van der Waals surface area contributed by atoms with Gasteiger partial charge in [-0.25, -0.2) is 0 Å². The van der Waals surface area contributed by atoms with Crippen LogP contribution in [0.2, 0.25) is 0 Å². The summed E-state index contributed by atoms with van der Waals surface area (Å²) >= 11 is 0. The molecule has 0 radical (unpaired) electrons. The molecular weight excluding hydrogens is 198 g/mol. The number of nitrogens with one attached hydrogen (secondary N) is 1. The number of para-hydroxylation sites is 1. The quantitative estimate of drug-likeness (QED) is 0.823. The lowest BCUT2D eigenvalue weighted by atomic mass is 10.2. The second-order valence-corrected chi connectivity index (χ2v) is 4.89. The van der Waals surface area contributed by atoms with Crippen LogP contribution in [0.4, 0.5) is 5.69 Å². The summed E-state index contributed by atoms with van der Waals surface area (Å²) in [4.78, 5) is 0. The molecule has 3 rings (SSSR count). The second kappa shape index (κ2) is 3.25. The molecule has 0 spiro atoms. The average molecular weight is 215 g/mol. The first-order chi connectivity index (χ1) is 7.68. The first-order valence-electron chi connectivity index (χ1n) is 5.75. The van der Waals surface area contributed by atoms with Gasteiger partial charge in [-0.05, 0) is 18.9 Å². The van der Waals surface area contributed by atoms with Crippen molar-refractivity contribution in [2.24, 2.45) is 12.8 Å². The van der Waals surface area contributed by atoms with Crippen LogP contribution >= 0.6 is 0 Å². The zero-order valence-electron chi connectivity index (χ0n) is 9.53. The van der Waals surface area contributed by atoms with E-state index in [0.29, 0.717) is 0 Å². The Hall–Kier alpha value is -1.48. The number of anilines is 1. The van der Waals surface area contributed by atoms with Gasteiger partial charge in [-0.3, -0.25) is 0 Å². The minimum absolute atomic E-state index is 0.0525. The van der Waals surface area contributed by atoms with Gasteiger partial charge in [-0.1, -0.05) is 18.2 Å². The van der Waals surface area contributed by atoms with Crippen molar-refractivity contribution < 1.29 is 0 Å². The standard InChI is InChI=1S/C13H17N3/c1-16-8-11(15-9-13(14)6-7-13)10-4-2-3-5-12(10)16/h2-5,8,15H,6-7,9,14H2,1H3. The molecule has 1 aliphatic rings. The van der Waals surface area contributed by atoms with Crippen molar-refractivity contribution in [3.63, 3.8) is 0 Å². The molecule has 3 N–H and O–H groups in total. The summed E-state index contributed by atoms with van der Waals surface area (Å²) in [5, 5.41) is 4.74. The Balaban J connectivity index is 1.91. The molecule has 0 atom stereocenters. The number of nitrogens with zero attached hydrogens (tertiary/aromatic N) is 1. The lowest BCUT2D eigenvalue weighted by molar-refractivity contribution is 0.713. The number of benzene rings is 1. The average Bonchev–Trinajstić information content (AvgIpc) is 2.94. The summed E-state index contributed by atoms with van der Waals surface area (Å²) in [7, 11) is 2.07. The summed E-state index contributed by atoms with van der Waals surface area (Å²) in [5.41, 5.74) is 8.57. The van der Waals surface area contributed by atoms with Gasteiger partial charge in [0.2, 0.25) is 0 Å². The molecule has 0 saturated heterocycles. The van der Waals surface area contributed by atoms with E-state index in [1.807, 2.05) is 0 Å². The minimum atomic E-state index is 0.0525. The topological polar surface area (TPSA) is 43.0 Å². The van der Waals surface area contributed by atoms with Crippen molar-refractivity contribution in [1.29, 1.82) is 0 Å². The highest BCUT2D eigenvalue weighted by molar-refractivity contribution is 5.92. The SMILES string of the molecule is Cn1cc(NCC2(N)CC2)c2ccccc21. The van der Waals surface area contributed by atoms with Crippen LogP contribution in [0.15, 0.2) is 30.5 Å². The Kier molecular flexibility index (Phi) is 1.98. The summed E-state index contributed by atoms with van der Waals surface area (Å²) in [6.45, 7) is 0.876. The van der Waals surface area contributed by atoms with Gasteiger partial charge in [-0.15, -0.1) is 0 Å². The summed E-state index contributed by atoms with van der Waals surface area (Å²) in [6.07, 6.45) is 4.42. The van der Waals surface area contributed by atoms with Crippen molar-refractivity contribution in [2.45, 2.75) is 18.4 Å². The van der Waals surface area contributed by atoms with Gasteiger partial charge in [0.1, 0.15) is 0 Å². The Morgan fingerprint density at radius 3 is 2.88 bits per heavy atom. The molecule has 0 aliphatic heterocycles. The fourth-order valence-electron chi connectivity index (χ4n) is 2.09. The third-order valence-corrected chi connectivity index (χ3v) is 3.42. The maximum atomic E-state index is 6.08. The van der Waals surface area contributed by atoms with Crippen molar-refractivity contribution in [3.05, 3.63) is 30.5 Å². The van der Waals surface area contributed by atoms with Gasteiger partial charge >= 0.3 is 0 Å². The second-order valence-electron chi connectivity index (χ2n) is 4.89. The number of hydrogen-bond donors (Lipinski definition) is 2. The summed E-state index contributed by atoms with van der Waals surface area (Å²) < 4.78 is 2.15. The molecule has 16 heavy (non-hydrogen) atoms. The number of fused-ring (bicyclic) bond motifs is 1. The third kappa shape index (κ3) is 1.57. The summed E-state index contributed by atoms with van der Waals surface area (Å²) in [6, 6.07) is 8.42. The number of rotatable bonds is 3. The molecule has 1 aromatic carbocycles. The zero-order valence-corrected chi connectivity index (χ0v) is 9.53. The van der Waals surface area contributed by atoms with Crippen molar-refractivity contribution in [2.75, 3.05) is 11.9 Å². The Morgan fingerprint density at radius 1 is 1.38 bits per heavy atom. The zero-order chi connectivity index (χ0) is 11.2.